The molecule has 1 amide bonds. The van der Waals surface area contributed by atoms with Crippen LogP contribution >= 0.6 is 11.6 Å². The number of carbonyl (C=O) groups is 2. The van der Waals surface area contributed by atoms with Gasteiger partial charge in [-0.25, -0.2) is 4.79 Å². The Hall–Kier alpha value is -3.57. The van der Waals surface area contributed by atoms with Gasteiger partial charge in [0, 0.05) is 16.7 Å². The molecule has 5 nitrogen and oxygen atoms in total. The molecule has 1 heterocycles. The molecule has 5 rings (SSSR count). The minimum absolute atomic E-state index is 0.217. The number of carboxylic acid groups (broad SMARTS) is 1. The number of hydrogen-bond donors (Lipinski definition) is 2. The molecule has 0 unspecified atom stereocenters. The molecule has 0 atom stereocenters. The van der Waals surface area contributed by atoms with Crippen molar-refractivity contribution in [1.29, 1.82) is 0 Å². The Morgan fingerprint density at radius 2 is 1.88 bits per heavy atom. The van der Waals surface area contributed by atoms with Gasteiger partial charge in [0.2, 0.25) is 0 Å². The Balaban J connectivity index is 1.68. The van der Waals surface area contributed by atoms with Gasteiger partial charge in [0.05, 0.1) is 16.9 Å². The molecule has 0 spiro atoms. The van der Waals surface area contributed by atoms with Crippen molar-refractivity contribution in [3.8, 4) is 5.75 Å². The molecular weight excluding hydrogens is 426 g/mol. The van der Waals surface area contributed by atoms with E-state index in [-0.39, 0.29) is 11.5 Å². The van der Waals surface area contributed by atoms with E-state index >= 15 is 0 Å². The standard InChI is InChI=1S/C26H20ClNO4/c1-14-4-2-7-22-24(14)20(13-19-17(15-8-9-15)5-3-6-21(19)27)25(30)28(22)16-10-11-18(26(31)32)23(29)12-16/h2-7,10-13,15,29H,8-9H2,1H3,(H,31,32)/b20-13+. The van der Waals surface area contributed by atoms with E-state index in [4.69, 9.17) is 11.6 Å². The molecule has 1 fully saturated rings. The summed E-state index contributed by atoms with van der Waals surface area (Å²) in [4.78, 5) is 26.5. The number of nitrogens with zero attached hydrogens (tertiary/aromatic N) is 1. The summed E-state index contributed by atoms with van der Waals surface area (Å²) < 4.78 is 0. The Labute approximate surface area is 190 Å². The van der Waals surface area contributed by atoms with Crippen LogP contribution in [0.25, 0.3) is 11.6 Å². The average Bonchev–Trinajstić information content (AvgIpc) is 3.54. The quantitative estimate of drug-likeness (QED) is 0.472. The number of aromatic hydroxyl groups is 1. The lowest BCUT2D eigenvalue weighted by Crippen LogP contribution is -2.20. The number of aromatic carboxylic acids is 1. The third-order valence-electron chi connectivity index (χ3n) is 6.06. The van der Waals surface area contributed by atoms with Crippen molar-refractivity contribution in [2.75, 3.05) is 4.90 Å². The van der Waals surface area contributed by atoms with Crippen LogP contribution in [0.1, 0.15) is 51.4 Å². The molecule has 6 heteroatoms. The average molecular weight is 446 g/mol. The lowest BCUT2D eigenvalue weighted by Gasteiger charge is -2.18. The zero-order chi connectivity index (χ0) is 22.6. The van der Waals surface area contributed by atoms with Gasteiger partial charge in [0.25, 0.3) is 5.91 Å². The number of benzene rings is 3. The molecule has 3 aromatic carbocycles. The van der Waals surface area contributed by atoms with Crippen LogP contribution in [-0.4, -0.2) is 22.1 Å². The molecule has 0 aromatic heterocycles. The predicted molar refractivity (Wildman–Crippen MR) is 125 cm³/mol. The summed E-state index contributed by atoms with van der Waals surface area (Å²) in [6.07, 6.45) is 4.10. The van der Waals surface area contributed by atoms with E-state index in [2.05, 4.69) is 6.07 Å². The van der Waals surface area contributed by atoms with Crippen LogP contribution in [0.15, 0.2) is 54.6 Å². The van der Waals surface area contributed by atoms with Crippen LogP contribution in [-0.2, 0) is 4.79 Å². The van der Waals surface area contributed by atoms with E-state index in [1.54, 1.807) is 0 Å². The van der Waals surface area contributed by atoms with E-state index in [0.29, 0.717) is 27.9 Å². The monoisotopic (exact) mass is 445 g/mol. The van der Waals surface area contributed by atoms with Crippen molar-refractivity contribution in [2.24, 2.45) is 0 Å². The zero-order valence-corrected chi connectivity index (χ0v) is 18.1. The maximum Gasteiger partial charge on any atom is 0.339 e. The molecule has 2 aliphatic rings. The number of anilines is 2. The topological polar surface area (TPSA) is 77.8 Å². The summed E-state index contributed by atoms with van der Waals surface area (Å²) in [6.45, 7) is 1.95. The molecule has 1 aliphatic heterocycles. The van der Waals surface area contributed by atoms with Crippen LogP contribution in [0.4, 0.5) is 11.4 Å². The lowest BCUT2D eigenvalue weighted by atomic mass is 9.96. The van der Waals surface area contributed by atoms with E-state index < -0.39 is 11.7 Å². The third-order valence-corrected chi connectivity index (χ3v) is 6.39. The normalized spacial score (nSPS) is 16.5. The summed E-state index contributed by atoms with van der Waals surface area (Å²) in [7, 11) is 0. The minimum atomic E-state index is -1.23. The van der Waals surface area contributed by atoms with Gasteiger partial charge in [-0.15, -0.1) is 0 Å². The molecule has 0 bridgehead atoms. The van der Waals surface area contributed by atoms with Gasteiger partial charge in [-0.2, -0.15) is 0 Å². The minimum Gasteiger partial charge on any atom is -0.507 e. The molecule has 2 N–H and O–H groups in total. The van der Waals surface area contributed by atoms with Crippen LogP contribution in [0.5, 0.6) is 5.75 Å². The Morgan fingerprint density at radius 3 is 2.56 bits per heavy atom. The van der Waals surface area contributed by atoms with Gasteiger partial charge < -0.3 is 10.2 Å². The number of fused-ring (bicyclic) bond motifs is 1. The summed E-state index contributed by atoms with van der Waals surface area (Å²) >= 11 is 6.56. The molecule has 1 aliphatic carbocycles. The highest BCUT2D eigenvalue weighted by atomic mass is 35.5. The van der Waals surface area contributed by atoms with E-state index in [0.717, 1.165) is 35.1 Å². The summed E-state index contributed by atoms with van der Waals surface area (Å²) in [5, 5.41) is 20.0. The highest BCUT2D eigenvalue weighted by Crippen LogP contribution is 2.47. The Bertz CT molecular complexity index is 1320. The number of rotatable bonds is 4. The van der Waals surface area contributed by atoms with Gasteiger partial charge in [0.15, 0.2) is 0 Å². The Morgan fingerprint density at radius 1 is 1.12 bits per heavy atom. The van der Waals surface area contributed by atoms with Crippen molar-refractivity contribution in [3.63, 3.8) is 0 Å². The third kappa shape index (κ3) is 3.26. The van der Waals surface area contributed by atoms with Gasteiger partial charge >= 0.3 is 5.97 Å². The number of hydrogen-bond acceptors (Lipinski definition) is 3. The highest BCUT2D eigenvalue weighted by molar-refractivity contribution is 6.39. The Kier molecular flexibility index (Phi) is 4.79. The maximum absolute atomic E-state index is 13.7. The number of phenols is 1. The van der Waals surface area contributed by atoms with Crippen molar-refractivity contribution < 1.29 is 19.8 Å². The molecular formula is C26H20ClNO4. The molecule has 0 radical (unpaired) electrons. The molecule has 1 saturated carbocycles. The second-order valence-corrected chi connectivity index (χ2v) is 8.60. The fraction of sp³-hybridized carbons (Fsp3) is 0.154. The van der Waals surface area contributed by atoms with Crippen molar-refractivity contribution >= 4 is 46.5 Å². The number of halogens is 1. The predicted octanol–water partition coefficient (Wildman–Crippen LogP) is 6.15. The first kappa shape index (κ1) is 20.3. The smallest absolute Gasteiger partial charge is 0.339 e. The first-order valence-electron chi connectivity index (χ1n) is 10.4. The summed E-state index contributed by atoms with van der Waals surface area (Å²) in [5.74, 6) is -1.41. The van der Waals surface area contributed by atoms with Crippen molar-refractivity contribution in [1.82, 2.24) is 0 Å². The van der Waals surface area contributed by atoms with Crippen LogP contribution in [0.3, 0.4) is 0 Å². The van der Waals surface area contributed by atoms with Gasteiger partial charge in [-0.1, -0.05) is 35.9 Å². The van der Waals surface area contributed by atoms with Crippen molar-refractivity contribution in [3.05, 3.63) is 87.4 Å². The summed E-state index contributed by atoms with van der Waals surface area (Å²) in [6, 6.07) is 15.6. The van der Waals surface area contributed by atoms with E-state index in [9.17, 15) is 19.8 Å². The summed E-state index contributed by atoms with van der Waals surface area (Å²) in [5.41, 5.74) is 5.14. The van der Waals surface area contributed by atoms with Crippen molar-refractivity contribution in [2.45, 2.75) is 25.7 Å². The van der Waals surface area contributed by atoms with E-state index in [1.807, 2.05) is 43.3 Å². The zero-order valence-electron chi connectivity index (χ0n) is 17.3. The van der Waals surface area contributed by atoms with Crippen LogP contribution in [0, 0.1) is 6.92 Å². The SMILES string of the molecule is Cc1cccc2c1/C(=C\c1c(Cl)cccc1C1CC1)C(=O)N2c1ccc(C(=O)O)c(O)c1. The molecule has 3 aromatic rings. The van der Waals surface area contributed by atoms with Crippen LogP contribution < -0.4 is 4.90 Å². The van der Waals surface area contributed by atoms with E-state index in [1.165, 1.54) is 23.1 Å². The number of aryl methyl sites for hydroxylation is 1. The van der Waals surface area contributed by atoms with Gasteiger partial charge in [-0.05, 0) is 72.7 Å². The highest BCUT2D eigenvalue weighted by Gasteiger charge is 2.36. The number of carbonyl (C=O) groups excluding carboxylic acids is 1. The lowest BCUT2D eigenvalue weighted by molar-refractivity contribution is -0.112. The molecule has 32 heavy (non-hydrogen) atoms. The second-order valence-electron chi connectivity index (χ2n) is 8.19. The van der Waals surface area contributed by atoms with Gasteiger partial charge in [-0.3, -0.25) is 9.69 Å². The molecule has 160 valence electrons. The second kappa shape index (κ2) is 7.53. The fourth-order valence-corrected chi connectivity index (χ4v) is 4.59. The van der Waals surface area contributed by atoms with Gasteiger partial charge in [0.1, 0.15) is 11.3 Å². The first-order valence-corrected chi connectivity index (χ1v) is 10.8. The number of carboxylic acids is 1. The maximum atomic E-state index is 13.7. The number of amides is 1. The largest absolute Gasteiger partial charge is 0.507 e. The molecule has 0 saturated heterocycles. The fourth-order valence-electron chi connectivity index (χ4n) is 4.36. The first-order chi connectivity index (χ1) is 15.4. The van der Waals surface area contributed by atoms with Crippen LogP contribution in [0.2, 0.25) is 5.02 Å².